The maximum atomic E-state index is 12.9. The molecule has 3 heteroatoms. The van der Waals surface area contributed by atoms with Crippen molar-refractivity contribution in [2.45, 2.75) is 19.4 Å². The van der Waals surface area contributed by atoms with Crippen LogP contribution in [0.3, 0.4) is 0 Å². The monoisotopic (exact) mass is 247 g/mol. The fourth-order valence-electron chi connectivity index (χ4n) is 2.41. The number of aryl methyl sites for hydroxylation is 1. The summed E-state index contributed by atoms with van der Waals surface area (Å²) in [6.45, 7) is 3.14. The zero-order valence-electron chi connectivity index (χ0n) is 9.66. The average Bonchev–Trinajstić information content (AvgIpc) is 2.70. The fraction of sp³-hybridized carbons (Fsp3) is 0.286. The highest BCUT2D eigenvalue weighted by Gasteiger charge is 2.22. The summed E-state index contributed by atoms with van der Waals surface area (Å²) in [4.78, 5) is 2.82. The highest BCUT2D eigenvalue weighted by molar-refractivity contribution is 7.12. The summed E-state index contributed by atoms with van der Waals surface area (Å²) in [6.07, 6.45) is 1.10. The molecule has 1 atom stereocenters. The van der Waals surface area contributed by atoms with Crippen molar-refractivity contribution < 1.29 is 4.39 Å². The van der Waals surface area contributed by atoms with Gasteiger partial charge in [-0.15, -0.1) is 11.3 Å². The van der Waals surface area contributed by atoms with Crippen LogP contribution in [-0.2, 0) is 6.42 Å². The molecule has 1 nitrogen and oxygen atoms in total. The molecule has 0 amide bonds. The third kappa shape index (κ3) is 2.01. The van der Waals surface area contributed by atoms with E-state index in [4.69, 9.17) is 0 Å². The summed E-state index contributed by atoms with van der Waals surface area (Å²) in [5, 5.41) is 3.51. The van der Waals surface area contributed by atoms with E-state index in [1.807, 2.05) is 23.5 Å². The van der Waals surface area contributed by atoms with Crippen LogP contribution < -0.4 is 5.32 Å². The summed E-state index contributed by atoms with van der Waals surface area (Å²) in [6, 6.07) is 9.28. The highest BCUT2D eigenvalue weighted by Crippen LogP contribution is 2.34. The van der Waals surface area contributed by atoms with Crippen LogP contribution in [0, 0.1) is 12.7 Å². The van der Waals surface area contributed by atoms with Crippen molar-refractivity contribution in [3.8, 4) is 0 Å². The number of fused-ring (bicyclic) bond motifs is 1. The largest absolute Gasteiger partial charge is 0.306 e. The van der Waals surface area contributed by atoms with Crippen LogP contribution >= 0.6 is 11.3 Å². The molecule has 0 spiro atoms. The first kappa shape index (κ1) is 10.9. The van der Waals surface area contributed by atoms with Crippen molar-refractivity contribution in [3.63, 3.8) is 0 Å². The van der Waals surface area contributed by atoms with E-state index in [0.717, 1.165) is 18.5 Å². The molecule has 2 aromatic rings. The average molecular weight is 247 g/mol. The molecule has 1 aliphatic rings. The molecule has 1 aromatic carbocycles. The van der Waals surface area contributed by atoms with Crippen molar-refractivity contribution in [1.82, 2.24) is 5.32 Å². The molecule has 1 aromatic heterocycles. The molecule has 0 aliphatic carbocycles. The molecule has 0 fully saturated rings. The van der Waals surface area contributed by atoms with E-state index < -0.39 is 0 Å². The standard InChI is InChI=1S/C14H14FNS/c1-9-8-12-13(17-9)6-7-16-14(12)10-2-4-11(15)5-3-10/h2-5,8,14,16H,6-7H2,1H3. The Balaban J connectivity index is 2.02. The molecule has 1 aliphatic heterocycles. The van der Waals surface area contributed by atoms with Crippen molar-refractivity contribution >= 4 is 11.3 Å². The molecule has 2 heterocycles. The lowest BCUT2D eigenvalue weighted by Crippen LogP contribution is -2.29. The molecule has 0 bridgehead atoms. The lowest BCUT2D eigenvalue weighted by atomic mass is 9.95. The zero-order chi connectivity index (χ0) is 11.8. The summed E-state index contributed by atoms with van der Waals surface area (Å²) >= 11 is 1.88. The van der Waals surface area contributed by atoms with E-state index in [-0.39, 0.29) is 11.9 Å². The Kier molecular flexibility index (Phi) is 2.73. The second-order valence-corrected chi connectivity index (χ2v) is 5.77. The van der Waals surface area contributed by atoms with E-state index in [0.29, 0.717) is 0 Å². The van der Waals surface area contributed by atoms with Gasteiger partial charge in [0.05, 0.1) is 6.04 Å². The summed E-state index contributed by atoms with van der Waals surface area (Å²) in [5.41, 5.74) is 2.51. The number of thiophene rings is 1. The summed E-state index contributed by atoms with van der Waals surface area (Å²) in [5.74, 6) is -0.175. The van der Waals surface area contributed by atoms with Crippen LogP contribution in [0.25, 0.3) is 0 Å². The van der Waals surface area contributed by atoms with E-state index in [1.54, 1.807) is 0 Å². The van der Waals surface area contributed by atoms with Crippen LogP contribution in [0.15, 0.2) is 30.3 Å². The number of halogens is 1. The smallest absolute Gasteiger partial charge is 0.123 e. The third-order valence-corrected chi connectivity index (χ3v) is 4.31. The normalized spacial score (nSPS) is 19.1. The number of benzene rings is 1. The number of nitrogens with one attached hydrogen (secondary N) is 1. The topological polar surface area (TPSA) is 12.0 Å². The SMILES string of the molecule is Cc1cc2c(s1)CCNC2c1ccc(F)cc1. The van der Waals surface area contributed by atoms with Crippen LogP contribution in [-0.4, -0.2) is 6.54 Å². The predicted molar refractivity (Wildman–Crippen MR) is 69.0 cm³/mol. The van der Waals surface area contributed by atoms with Gasteiger partial charge >= 0.3 is 0 Å². The van der Waals surface area contributed by atoms with Crippen molar-refractivity contribution in [2.24, 2.45) is 0 Å². The van der Waals surface area contributed by atoms with E-state index in [1.165, 1.54) is 27.5 Å². The van der Waals surface area contributed by atoms with Gasteiger partial charge in [0, 0.05) is 16.3 Å². The third-order valence-electron chi connectivity index (χ3n) is 3.18. The molecule has 1 N–H and O–H groups in total. The molecule has 88 valence electrons. The minimum atomic E-state index is -0.175. The minimum absolute atomic E-state index is 0.175. The van der Waals surface area contributed by atoms with E-state index in [9.17, 15) is 4.39 Å². The lowest BCUT2D eigenvalue weighted by Gasteiger charge is -2.24. The van der Waals surface area contributed by atoms with Crippen LogP contribution in [0.1, 0.15) is 26.9 Å². The quantitative estimate of drug-likeness (QED) is 0.814. The highest BCUT2D eigenvalue weighted by atomic mass is 32.1. The van der Waals surface area contributed by atoms with E-state index in [2.05, 4.69) is 18.3 Å². The Labute approximate surface area is 104 Å². The van der Waals surface area contributed by atoms with Crippen LogP contribution in [0.5, 0.6) is 0 Å². The van der Waals surface area contributed by atoms with Gasteiger partial charge in [0.1, 0.15) is 5.82 Å². The van der Waals surface area contributed by atoms with Gasteiger partial charge in [-0.1, -0.05) is 12.1 Å². The van der Waals surface area contributed by atoms with Gasteiger partial charge in [0.2, 0.25) is 0 Å². The fourth-order valence-corrected chi connectivity index (χ4v) is 3.49. The summed E-state index contributed by atoms with van der Waals surface area (Å²) in [7, 11) is 0. The number of hydrogen-bond donors (Lipinski definition) is 1. The maximum Gasteiger partial charge on any atom is 0.123 e. The van der Waals surface area contributed by atoms with Crippen molar-refractivity contribution in [2.75, 3.05) is 6.54 Å². The summed E-state index contributed by atoms with van der Waals surface area (Å²) < 4.78 is 12.9. The number of hydrogen-bond acceptors (Lipinski definition) is 2. The molecule has 17 heavy (non-hydrogen) atoms. The molecule has 3 rings (SSSR count). The van der Waals surface area contributed by atoms with Crippen molar-refractivity contribution in [1.29, 1.82) is 0 Å². The molecule has 0 saturated carbocycles. The Hall–Kier alpha value is -1.19. The van der Waals surface area contributed by atoms with Gasteiger partial charge in [-0.3, -0.25) is 0 Å². The maximum absolute atomic E-state index is 12.9. The van der Waals surface area contributed by atoms with Gasteiger partial charge in [-0.2, -0.15) is 0 Å². The first-order valence-electron chi connectivity index (χ1n) is 5.82. The van der Waals surface area contributed by atoms with E-state index >= 15 is 0 Å². The number of rotatable bonds is 1. The Morgan fingerprint density at radius 1 is 1.29 bits per heavy atom. The second kappa shape index (κ2) is 4.24. The van der Waals surface area contributed by atoms with Gasteiger partial charge < -0.3 is 5.32 Å². The van der Waals surface area contributed by atoms with Gasteiger partial charge in [0.15, 0.2) is 0 Å². The molecular weight excluding hydrogens is 233 g/mol. The molecule has 0 radical (unpaired) electrons. The molecule has 0 saturated heterocycles. The Bertz CT molecular complexity index is 530. The first-order chi connectivity index (χ1) is 8.24. The Morgan fingerprint density at radius 2 is 2.06 bits per heavy atom. The zero-order valence-corrected chi connectivity index (χ0v) is 10.5. The van der Waals surface area contributed by atoms with Gasteiger partial charge in [-0.25, -0.2) is 4.39 Å². The van der Waals surface area contributed by atoms with Gasteiger partial charge in [-0.05, 0) is 42.7 Å². The molecular formula is C14H14FNS. The Morgan fingerprint density at radius 3 is 2.82 bits per heavy atom. The van der Waals surface area contributed by atoms with Crippen molar-refractivity contribution in [3.05, 3.63) is 57.0 Å². The second-order valence-electron chi connectivity index (χ2n) is 4.42. The van der Waals surface area contributed by atoms with Gasteiger partial charge in [0.25, 0.3) is 0 Å². The van der Waals surface area contributed by atoms with Crippen LogP contribution in [0.4, 0.5) is 4.39 Å². The van der Waals surface area contributed by atoms with Crippen LogP contribution in [0.2, 0.25) is 0 Å². The first-order valence-corrected chi connectivity index (χ1v) is 6.64. The molecule has 1 unspecified atom stereocenters. The minimum Gasteiger partial charge on any atom is -0.306 e. The predicted octanol–water partition coefficient (Wildman–Crippen LogP) is 3.43. The lowest BCUT2D eigenvalue weighted by molar-refractivity contribution is 0.571.